The van der Waals surface area contributed by atoms with Gasteiger partial charge in [-0.15, -0.1) is 0 Å². The zero-order valence-electron chi connectivity index (χ0n) is 15.4. The summed E-state index contributed by atoms with van der Waals surface area (Å²) < 4.78 is 0. The van der Waals surface area contributed by atoms with E-state index in [2.05, 4.69) is 0 Å². The third kappa shape index (κ3) is 3.79. The molecule has 0 spiro atoms. The largest absolute Gasteiger partial charge is 0.481 e. The monoisotopic (exact) mass is 355 g/mol. The van der Waals surface area contributed by atoms with Crippen molar-refractivity contribution in [2.75, 3.05) is 6.54 Å². The van der Waals surface area contributed by atoms with Crippen molar-refractivity contribution in [2.45, 2.75) is 57.9 Å². The Bertz CT molecular complexity index is 634. The molecule has 0 atom stereocenters. The fourth-order valence-corrected chi connectivity index (χ4v) is 6.27. The summed E-state index contributed by atoms with van der Waals surface area (Å²) in [6.45, 7) is 0.814. The third-order valence-corrected chi connectivity index (χ3v) is 6.86. The molecule has 5 rings (SSSR count). The van der Waals surface area contributed by atoms with Gasteiger partial charge in [0.15, 0.2) is 0 Å². The van der Waals surface area contributed by atoms with Crippen molar-refractivity contribution in [3.8, 4) is 0 Å². The standard InChI is InChI=1S/C22H29NO3/c24-20(14-22-11-17-8-18(12-22)10-19(9-17)13-22)23(7-6-21(25)26)15-16-4-2-1-3-5-16/h1-5,17-19H,6-15H2,(H,25,26). The molecular weight excluding hydrogens is 326 g/mol. The van der Waals surface area contributed by atoms with Gasteiger partial charge in [-0.25, -0.2) is 0 Å². The molecule has 0 saturated heterocycles. The van der Waals surface area contributed by atoms with Gasteiger partial charge in [0, 0.05) is 19.5 Å². The predicted molar refractivity (Wildman–Crippen MR) is 99.3 cm³/mol. The Morgan fingerprint density at radius 1 is 1.00 bits per heavy atom. The van der Waals surface area contributed by atoms with E-state index in [1.54, 1.807) is 4.90 Å². The Hall–Kier alpha value is -1.84. The van der Waals surface area contributed by atoms with Gasteiger partial charge in [0.1, 0.15) is 0 Å². The second-order valence-corrected chi connectivity index (χ2v) is 9.04. The van der Waals surface area contributed by atoms with Crippen molar-refractivity contribution in [1.82, 2.24) is 4.90 Å². The van der Waals surface area contributed by atoms with Gasteiger partial charge in [0.25, 0.3) is 0 Å². The summed E-state index contributed by atoms with van der Waals surface area (Å²) >= 11 is 0. The molecule has 4 aliphatic carbocycles. The number of nitrogens with zero attached hydrogens (tertiary/aromatic N) is 1. The number of carboxylic acids is 1. The first kappa shape index (κ1) is 17.6. The summed E-state index contributed by atoms with van der Waals surface area (Å²) in [5.74, 6) is 1.80. The minimum absolute atomic E-state index is 0.0133. The molecule has 4 aliphatic rings. The van der Waals surface area contributed by atoms with E-state index in [0.29, 0.717) is 19.5 Å². The van der Waals surface area contributed by atoms with Crippen LogP contribution in [0.4, 0.5) is 0 Å². The van der Waals surface area contributed by atoms with Gasteiger partial charge in [-0.3, -0.25) is 9.59 Å². The van der Waals surface area contributed by atoms with Gasteiger partial charge in [0.2, 0.25) is 5.91 Å². The number of benzene rings is 1. The number of amides is 1. The van der Waals surface area contributed by atoms with Gasteiger partial charge in [-0.05, 0) is 67.3 Å². The molecule has 1 aromatic carbocycles. The average Bonchev–Trinajstić information content (AvgIpc) is 2.57. The number of aliphatic carboxylic acids is 1. The normalized spacial score (nSPS) is 31.8. The van der Waals surface area contributed by atoms with Crippen LogP contribution in [0.25, 0.3) is 0 Å². The van der Waals surface area contributed by atoms with Crippen LogP contribution in [0.3, 0.4) is 0 Å². The van der Waals surface area contributed by atoms with Crippen LogP contribution in [0.2, 0.25) is 0 Å². The van der Waals surface area contributed by atoms with E-state index in [9.17, 15) is 9.59 Å². The fraction of sp³-hybridized carbons (Fsp3) is 0.636. The van der Waals surface area contributed by atoms with Crippen molar-refractivity contribution in [3.63, 3.8) is 0 Å². The van der Waals surface area contributed by atoms with E-state index in [-0.39, 0.29) is 17.7 Å². The minimum Gasteiger partial charge on any atom is -0.481 e. The fourth-order valence-electron chi connectivity index (χ4n) is 6.27. The van der Waals surface area contributed by atoms with Gasteiger partial charge in [0.05, 0.1) is 6.42 Å². The minimum atomic E-state index is -0.842. The lowest BCUT2D eigenvalue weighted by atomic mass is 9.49. The van der Waals surface area contributed by atoms with Crippen LogP contribution < -0.4 is 0 Å². The number of hydrogen-bond donors (Lipinski definition) is 1. The zero-order chi connectivity index (χ0) is 18.1. The third-order valence-electron chi connectivity index (χ3n) is 6.86. The summed E-state index contributed by atoms with van der Waals surface area (Å²) in [4.78, 5) is 26.0. The van der Waals surface area contributed by atoms with Gasteiger partial charge >= 0.3 is 5.97 Å². The maximum atomic E-state index is 13.2. The van der Waals surface area contributed by atoms with Crippen molar-refractivity contribution < 1.29 is 14.7 Å². The molecule has 4 nitrogen and oxygen atoms in total. The molecule has 1 N–H and O–H groups in total. The molecule has 0 aliphatic heterocycles. The van der Waals surface area contributed by atoms with Crippen LogP contribution in [0.1, 0.15) is 56.9 Å². The van der Waals surface area contributed by atoms with Crippen molar-refractivity contribution >= 4 is 11.9 Å². The second-order valence-electron chi connectivity index (χ2n) is 9.04. The number of carboxylic acid groups (broad SMARTS) is 1. The van der Waals surface area contributed by atoms with Crippen molar-refractivity contribution in [3.05, 3.63) is 35.9 Å². The van der Waals surface area contributed by atoms with Crippen LogP contribution in [0, 0.1) is 23.2 Å². The van der Waals surface area contributed by atoms with E-state index in [4.69, 9.17) is 5.11 Å². The van der Waals surface area contributed by atoms with Crippen LogP contribution in [0.5, 0.6) is 0 Å². The molecule has 4 fully saturated rings. The lowest BCUT2D eigenvalue weighted by Gasteiger charge is -2.57. The van der Waals surface area contributed by atoms with E-state index in [0.717, 1.165) is 23.3 Å². The maximum Gasteiger partial charge on any atom is 0.305 e. The van der Waals surface area contributed by atoms with E-state index in [1.165, 1.54) is 38.5 Å². The number of hydrogen-bond acceptors (Lipinski definition) is 2. The highest BCUT2D eigenvalue weighted by Crippen LogP contribution is 2.61. The Morgan fingerprint density at radius 3 is 2.12 bits per heavy atom. The molecule has 4 bridgehead atoms. The topological polar surface area (TPSA) is 57.6 Å². The summed E-state index contributed by atoms with van der Waals surface area (Å²) in [6.07, 6.45) is 8.39. The molecule has 26 heavy (non-hydrogen) atoms. The molecule has 0 radical (unpaired) electrons. The van der Waals surface area contributed by atoms with Crippen LogP contribution in [-0.2, 0) is 16.1 Å². The molecule has 0 unspecified atom stereocenters. The maximum absolute atomic E-state index is 13.2. The quantitative estimate of drug-likeness (QED) is 0.801. The van der Waals surface area contributed by atoms with E-state index in [1.807, 2.05) is 30.3 Å². The molecule has 140 valence electrons. The summed E-state index contributed by atoms with van der Waals surface area (Å²) in [5, 5.41) is 9.07. The van der Waals surface area contributed by atoms with Gasteiger partial charge in [-0.2, -0.15) is 0 Å². The Kier molecular flexibility index (Phi) is 4.76. The lowest BCUT2D eigenvalue weighted by molar-refractivity contribution is -0.142. The smallest absolute Gasteiger partial charge is 0.305 e. The highest BCUT2D eigenvalue weighted by molar-refractivity contribution is 5.78. The first-order valence-corrected chi connectivity index (χ1v) is 10.0. The lowest BCUT2D eigenvalue weighted by Crippen LogP contribution is -2.48. The molecule has 4 saturated carbocycles. The first-order valence-electron chi connectivity index (χ1n) is 10.0. The molecule has 0 aromatic heterocycles. The predicted octanol–water partition coefficient (Wildman–Crippen LogP) is 4.10. The number of rotatable bonds is 7. The van der Waals surface area contributed by atoms with Crippen LogP contribution >= 0.6 is 0 Å². The zero-order valence-corrected chi connectivity index (χ0v) is 15.4. The molecular formula is C22H29NO3. The SMILES string of the molecule is O=C(O)CCN(Cc1ccccc1)C(=O)CC12CC3CC(CC(C3)C1)C2. The Morgan fingerprint density at radius 2 is 1.58 bits per heavy atom. The summed E-state index contributed by atoms with van der Waals surface area (Å²) in [7, 11) is 0. The number of carbonyl (C=O) groups excluding carboxylic acids is 1. The van der Waals surface area contributed by atoms with Crippen LogP contribution in [-0.4, -0.2) is 28.4 Å². The molecule has 1 amide bonds. The molecule has 1 aromatic rings. The first-order chi connectivity index (χ1) is 12.5. The Balaban J connectivity index is 1.46. The highest BCUT2D eigenvalue weighted by atomic mass is 16.4. The van der Waals surface area contributed by atoms with Gasteiger partial charge < -0.3 is 10.0 Å². The molecule has 4 heteroatoms. The Labute approximate surface area is 155 Å². The summed E-state index contributed by atoms with van der Waals surface area (Å²) in [5.41, 5.74) is 1.26. The van der Waals surface area contributed by atoms with Crippen LogP contribution in [0.15, 0.2) is 30.3 Å². The average molecular weight is 355 g/mol. The van der Waals surface area contributed by atoms with E-state index < -0.39 is 5.97 Å². The molecule has 0 heterocycles. The number of carbonyl (C=O) groups is 2. The van der Waals surface area contributed by atoms with Gasteiger partial charge in [-0.1, -0.05) is 30.3 Å². The van der Waals surface area contributed by atoms with E-state index >= 15 is 0 Å². The summed E-state index contributed by atoms with van der Waals surface area (Å²) in [6, 6.07) is 9.91. The van der Waals surface area contributed by atoms with Crippen molar-refractivity contribution in [1.29, 1.82) is 0 Å². The highest BCUT2D eigenvalue weighted by Gasteiger charge is 2.51. The van der Waals surface area contributed by atoms with Crippen molar-refractivity contribution in [2.24, 2.45) is 23.2 Å². The second kappa shape index (κ2) is 7.05.